The molecule has 7 nitrogen and oxygen atoms in total. The fourth-order valence-electron chi connectivity index (χ4n) is 4.03. The molecular weight excluding hydrogens is 437 g/mol. The molecule has 0 spiro atoms. The smallest absolute Gasteiger partial charge is 0.378 e. The predicted molar refractivity (Wildman–Crippen MR) is 116 cm³/mol. The number of alkyl halides is 3. The number of anilines is 2. The number of ether oxygens (including phenoxy) is 1. The summed E-state index contributed by atoms with van der Waals surface area (Å²) in [5, 5.41) is 2.83. The summed E-state index contributed by atoms with van der Waals surface area (Å²) < 4.78 is 43.5. The minimum Gasteiger partial charge on any atom is -0.378 e. The first-order chi connectivity index (χ1) is 15.8. The molecule has 3 heterocycles. The van der Waals surface area contributed by atoms with Gasteiger partial charge in [0.25, 0.3) is 5.91 Å². The van der Waals surface area contributed by atoms with E-state index in [-0.39, 0.29) is 23.3 Å². The Kier molecular flexibility index (Phi) is 6.83. The van der Waals surface area contributed by atoms with Crippen LogP contribution in [0, 0.1) is 5.92 Å². The maximum atomic E-state index is 12.7. The molecule has 0 unspecified atom stereocenters. The Morgan fingerprint density at radius 3 is 2.21 bits per heavy atom. The summed E-state index contributed by atoms with van der Waals surface area (Å²) in [7, 11) is 0. The van der Waals surface area contributed by atoms with Crippen LogP contribution < -0.4 is 10.2 Å². The monoisotopic (exact) mass is 462 g/mol. The third-order valence-corrected chi connectivity index (χ3v) is 5.99. The van der Waals surface area contributed by atoms with Gasteiger partial charge in [0.05, 0.1) is 30.7 Å². The molecule has 4 rings (SSSR count). The molecule has 2 aliphatic rings. The number of morpholine rings is 1. The SMILES string of the molecule is O=C(Nc1ccc(N2CCOCC2)cn1)C1CCN(C(=O)c2ccc(C(F)(F)F)cc2)CC1. The molecule has 0 bridgehead atoms. The fourth-order valence-corrected chi connectivity index (χ4v) is 4.03. The van der Waals surface area contributed by atoms with Crippen LogP contribution in [0.25, 0.3) is 0 Å². The summed E-state index contributed by atoms with van der Waals surface area (Å²) in [6.45, 7) is 3.69. The Labute approximate surface area is 189 Å². The summed E-state index contributed by atoms with van der Waals surface area (Å²) >= 11 is 0. The van der Waals surface area contributed by atoms with Gasteiger partial charge in [-0.2, -0.15) is 13.2 Å². The van der Waals surface area contributed by atoms with E-state index < -0.39 is 11.7 Å². The molecule has 10 heteroatoms. The zero-order valence-corrected chi connectivity index (χ0v) is 18.0. The first kappa shape index (κ1) is 23.0. The highest BCUT2D eigenvalue weighted by molar-refractivity contribution is 5.95. The second-order valence-corrected chi connectivity index (χ2v) is 8.13. The van der Waals surface area contributed by atoms with E-state index in [1.54, 1.807) is 17.2 Å². The van der Waals surface area contributed by atoms with Crippen LogP contribution in [0.2, 0.25) is 0 Å². The summed E-state index contributed by atoms with van der Waals surface area (Å²) in [6.07, 6.45) is -1.76. The molecule has 1 aromatic heterocycles. The van der Waals surface area contributed by atoms with Crippen molar-refractivity contribution in [1.82, 2.24) is 9.88 Å². The van der Waals surface area contributed by atoms with Gasteiger partial charge in [0.1, 0.15) is 5.82 Å². The second-order valence-electron chi connectivity index (χ2n) is 8.13. The van der Waals surface area contributed by atoms with E-state index in [1.165, 1.54) is 12.1 Å². The molecule has 2 aromatic rings. The number of benzene rings is 1. The first-order valence-corrected chi connectivity index (χ1v) is 10.9. The van der Waals surface area contributed by atoms with Crippen molar-refractivity contribution in [2.24, 2.45) is 5.92 Å². The van der Waals surface area contributed by atoms with Gasteiger partial charge in [-0.15, -0.1) is 0 Å². The molecule has 2 aliphatic heterocycles. The average molecular weight is 462 g/mol. The standard InChI is InChI=1S/C23H25F3N4O3/c24-23(25,26)18-3-1-17(2-4-18)22(32)30-9-7-16(8-10-30)21(31)28-20-6-5-19(15-27-20)29-11-13-33-14-12-29/h1-6,15-16H,7-14H2,(H,27,28,31). The number of nitrogens with one attached hydrogen (secondary N) is 1. The Balaban J connectivity index is 1.27. The van der Waals surface area contributed by atoms with Gasteiger partial charge < -0.3 is 19.9 Å². The molecule has 0 aliphatic carbocycles. The van der Waals surface area contributed by atoms with Crippen LogP contribution in [-0.4, -0.2) is 61.1 Å². The maximum Gasteiger partial charge on any atom is 0.416 e. The van der Waals surface area contributed by atoms with Crippen LogP contribution in [0.5, 0.6) is 0 Å². The van der Waals surface area contributed by atoms with Crippen LogP contribution in [0.3, 0.4) is 0 Å². The van der Waals surface area contributed by atoms with Crippen LogP contribution in [0.1, 0.15) is 28.8 Å². The number of halogens is 3. The number of amides is 2. The van der Waals surface area contributed by atoms with Crippen LogP contribution >= 0.6 is 0 Å². The van der Waals surface area contributed by atoms with Crippen molar-refractivity contribution >= 4 is 23.3 Å². The zero-order chi connectivity index (χ0) is 23.4. The lowest BCUT2D eigenvalue weighted by atomic mass is 9.95. The lowest BCUT2D eigenvalue weighted by Gasteiger charge is -2.31. The van der Waals surface area contributed by atoms with E-state index in [9.17, 15) is 22.8 Å². The van der Waals surface area contributed by atoms with Gasteiger partial charge in [-0.25, -0.2) is 4.98 Å². The lowest BCUT2D eigenvalue weighted by molar-refractivity contribution is -0.137. The molecule has 2 fully saturated rings. The Morgan fingerprint density at radius 1 is 0.970 bits per heavy atom. The number of nitrogens with zero attached hydrogens (tertiary/aromatic N) is 3. The van der Waals surface area contributed by atoms with E-state index in [0.717, 1.165) is 30.9 Å². The highest BCUT2D eigenvalue weighted by atomic mass is 19.4. The second kappa shape index (κ2) is 9.78. The molecular formula is C23H25F3N4O3. The van der Waals surface area contributed by atoms with Gasteiger partial charge >= 0.3 is 6.18 Å². The predicted octanol–water partition coefficient (Wildman–Crippen LogP) is 3.43. The molecule has 1 N–H and O–H groups in total. The van der Waals surface area contributed by atoms with E-state index >= 15 is 0 Å². The van der Waals surface area contributed by atoms with Crippen molar-refractivity contribution in [3.8, 4) is 0 Å². The number of rotatable bonds is 4. The van der Waals surface area contributed by atoms with Crippen LogP contribution in [-0.2, 0) is 15.7 Å². The number of piperidine rings is 1. The molecule has 2 amide bonds. The fraction of sp³-hybridized carbons (Fsp3) is 0.435. The third kappa shape index (κ3) is 5.62. The number of pyridine rings is 1. The normalized spacial score (nSPS) is 17.7. The molecule has 176 valence electrons. The van der Waals surface area contributed by atoms with Crippen molar-refractivity contribution in [3.05, 3.63) is 53.7 Å². The first-order valence-electron chi connectivity index (χ1n) is 10.9. The molecule has 33 heavy (non-hydrogen) atoms. The highest BCUT2D eigenvalue weighted by Crippen LogP contribution is 2.29. The van der Waals surface area contributed by atoms with Crippen LogP contribution in [0.15, 0.2) is 42.6 Å². The van der Waals surface area contributed by atoms with Crippen LogP contribution in [0.4, 0.5) is 24.7 Å². The quantitative estimate of drug-likeness (QED) is 0.754. The van der Waals surface area contributed by atoms with E-state index in [0.29, 0.717) is 45.0 Å². The Bertz CT molecular complexity index is 966. The van der Waals surface area contributed by atoms with E-state index in [2.05, 4.69) is 15.2 Å². The summed E-state index contributed by atoms with van der Waals surface area (Å²) in [5.41, 5.74) is 0.392. The molecule has 2 saturated heterocycles. The van der Waals surface area contributed by atoms with Gasteiger partial charge in [-0.3, -0.25) is 9.59 Å². The molecule has 1 aromatic carbocycles. The summed E-state index contributed by atoms with van der Waals surface area (Å²) in [6, 6.07) is 7.88. The van der Waals surface area contributed by atoms with Crippen molar-refractivity contribution in [2.75, 3.05) is 49.6 Å². The summed E-state index contributed by atoms with van der Waals surface area (Å²) in [5.74, 6) is -0.270. The van der Waals surface area contributed by atoms with Crippen molar-refractivity contribution in [3.63, 3.8) is 0 Å². The zero-order valence-electron chi connectivity index (χ0n) is 18.0. The molecule has 0 radical (unpaired) electrons. The Hall–Kier alpha value is -3.14. The van der Waals surface area contributed by atoms with Gasteiger partial charge in [-0.1, -0.05) is 0 Å². The van der Waals surface area contributed by atoms with Crippen molar-refractivity contribution in [1.29, 1.82) is 0 Å². The number of aromatic nitrogens is 1. The van der Waals surface area contributed by atoms with Gasteiger partial charge in [-0.05, 0) is 49.2 Å². The Morgan fingerprint density at radius 2 is 1.64 bits per heavy atom. The van der Waals surface area contributed by atoms with Crippen molar-refractivity contribution in [2.45, 2.75) is 19.0 Å². The van der Waals surface area contributed by atoms with Crippen molar-refractivity contribution < 1.29 is 27.5 Å². The molecule has 0 saturated carbocycles. The number of carbonyl (C=O) groups is 2. The minimum absolute atomic E-state index is 0.150. The topological polar surface area (TPSA) is 74.8 Å². The number of hydrogen-bond donors (Lipinski definition) is 1. The largest absolute Gasteiger partial charge is 0.416 e. The number of likely N-dealkylation sites (tertiary alicyclic amines) is 1. The minimum atomic E-state index is -4.44. The van der Waals surface area contributed by atoms with Gasteiger partial charge in [0.2, 0.25) is 5.91 Å². The number of hydrogen-bond acceptors (Lipinski definition) is 5. The van der Waals surface area contributed by atoms with Gasteiger partial charge in [0, 0.05) is 37.7 Å². The van der Waals surface area contributed by atoms with Gasteiger partial charge in [0.15, 0.2) is 0 Å². The third-order valence-electron chi connectivity index (χ3n) is 5.99. The summed E-state index contributed by atoms with van der Waals surface area (Å²) in [4.78, 5) is 33.3. The van der Waals surface area contributed by atoms with E-state index in [4.69, 9.17) is 4.74 Å². The average Bonchev–Trinajstić information content (AvgIpc) is 2.84. The molecule has 0 atom stereocenters. The lowest BCUT2D eigenvalue weighted by Crippen LogP contribution is -2.41. The number of carbonyl (C=O) groups excluding carboxylic acids is 2. The van der Waals surface area contributed by atoms with E-state index in [1.807, 2.05) is 6.07 Å². The highest BCUT2D eigenvalue weighted by Gasteiger charge is 2.31. The maximum absolute atomic E-state index is 12.7.